The zero-order valence-corrected chi connectivity index (χ0v) is 69.3. The first kappa shape index (κ1) is 78.2. The van der Waals surface area contributed by atoms with E-state index < -0.39 is 0 Å². The van der Waals surface area contributed by atoms with Crippen molar-refractivity contribution < 1.29 is 29.9 Å². The van der Waals surface area contributed by atoms with Gasteiger partial charge in [0.05, 0.1) is 29.9 Å². The number of halogens is 2. The van der Waals surface area contributed by atoms with Crippen LogP contribution in [0.1, 0.15) is 182 Å². The Hall–Kier alpha value is -9.73. The monoisotopic (exact) mass is 1740 g/mol. The zero-order chi connectivity index (χ0) is 77.7. The SMILES string of the molecule is ICCCCCI.Oc1cc(OCCCCCOc2ccc(-c3nc(-c4ccc5c(c4)CCCC5)nc(-c4ccc5c(c4)CCCC5)n3)c(O)c2)ccc1-c1nc(-c2ccc3c(c2)CCCC3)nc(-c2ccc3c(c2)CCCC3)n1.Oc1ccc(-c2nc(-c3ccc4c(c3)CCCC4)nc(-c3ccc4c(c3)CCCC4)n2)c(O)c1. The number of unbranched alkanes of at least 4 members (excludes halogenated alkanes) is 4. The van der Waals surface area contributed by atoms with Crippen LogP contribution in [0.15, 0.2) is 164 Å². The van der Waals surface area contributed by atoms with E-state index in [2.05, 4.69) is 154 Å². The molecule has 3 aromatic heterocycles. The van der Waals surface area contributed by atoms with Crippen LogP contribution in [0.2, 0.25) is 0 Å². The van der Waals surface area contributed by atoms with Gasteiger partial charge in [0.25, 0.3) is 0 Å². The van der Waals surface area contributed by atoms with E-state index in [9.17, 15) is 20.4 Å². The Morgan fingerprint density at radius 1 is 0.228 bits per heavy atom. The fourth-order valence-corrected chi connectivity index (χ4v) is 18.0. The van der Waals surface area contributed by atoms with Crippen LogP contribution in [-0.2, 0) is 77.0 Å². The summed E-state index contributed by atoms with van der Waals surface area (Å²) in [5.74, 6) is 6.07. The molecule has 0 fully saturated rings. The van der Waals surface area contributed by atoms with Crippen molar-refractivity contribution in [3.8, 4) is 137 Å². The molecule has 15 nitrogen and oxygen atoms in total. The van der Waals surface area contributed by atoms with Crippen molar-refractivity contribution >= 4 is 45.2 Å². The lowest BCUT2D eigenvalue weighted by molar-refractivity contribution is 0.278. The number of hydrogen-bond acceptors (Lipinski definition) is 15. The molecule has 4 N–H and O–H groups in total. The molecule has 0 spiro atoms. The van der Waals surface area contributed by atoms with Crippen LogP contribution in [0.4, 0.5) is 0 Å². The molecule has 18 rings (SSSR count). The largest absolute Gasteiger partial charge is 0.508 e. The highest BCUT2D eigenvalue weighted by Gasteiger charge is 2.25. The summed E-state index contributed by atoms with van der Waals surface area (Å²) in [4.78, 5) is 44.4. The van der Waals surface area contributed by atoms with E-state index in [4.69, 9.17) is 54.3 Å². The fraction of sp³-hybridized carbons (Fsp3) is 0.351. The number of aryl methyl sites for hydroxylation is 12. The number of fused-ring (bicyclic) bond motifs is 6. The van der Waals surface area contributed by atoms with Gasteiger partial charge in [0.2, 0.25) is 0 Å². The van der Waals surface area contributed by atoms with Crippen LogP contribution >= 0.6 is 45.2 Å². The Balaban J connectivity index is 0.000000197. The van der Waals surface area contributed by atoms with E-state index in [1.165, 1.54) is 184 Å². The molecule has 0 saturated carbocycles. The summed E-state index contributed by atoms with van der Waals surface area (Å²) in [7, 11) is 0. The maximum atomic E-state index is 11.4. The third-order valence-electron chi connectivity index (χ3n) is 23.3. The second kappa shape index (κ2) is 37.3. The minimum Gasteiger partial charge on any atom is -0.508 e. The average Bonchev–Trinajstić information content (AvgIpc) is 0.787. The van der Waals surface area contributed by atoms with Gasteiger partial charge >= 0.3 is 0 Å². The van der Waals surface area contributed by atoms with Crippen LogP contribution in [0, 0.1) is 0 Å². The highest BCUT2D eigenvalue weighted by atomic mass is 127. The number of benzene rings is 9. The minimum atomic E-state index is -0.0565. The topological polar surface area (TPSA) is 215 Å². The Kier molecular flexibility index (Phi) is 25.5. The minimum absolute atomic E-state index is 0.000118. The molecular formula is C97H99I2N9O6. The second-order valence-corrected chi connectivity index (χ2v) is 33.5. The number of phenols is 4. The third kappa shape index (κ3) is 18.9. The Labute approximate surface area is 696 Å². The average molecular weight is 1740 g/mol. The van der Waals surface area contributed by atoms with Gasteiger partial charge in [0.1, 0.15) is 34.5 Å². The summed E-state index contributed by atoms with van der Waals surface area (Å²) in [6.07, 6.45) is 34.4. The number of hydrogen-bond donors (Lipinski definition) is 4. The molecule has 0 bridgehead atoms. The van der Waals surface area contributed by atoms with Crippen molar-refractivity contribution in [2.45, 2.75) is 193 Å². The van der Waals surface area contributed by atoms with Crippen molar-refractivity contribution in [2.75, 3.05) is 22.1 Å². The van der Waals surface area contributed by atoms with Crippen molar-refractivity contribution in [3.05, 3.63) is 231 Å². The van der Waals surface area contributed by atoms with Gasteiger partial charge in [-0.15, -0.1) is 0 Å². The first-order valence-corrected chi connectivity index (χ1v) is 44.6. The molecule has 0 atom stereocenters. The van der Waals surface area contributed by atoms with Gasteiger partial charge in [-0.25, -0.2) is 44.9 Å². The van der Waals surface area contributed by atoms with Crippen LogP contribution < -0.4 is 9.47 Å². The lowest BCUT2D eigenvalue weighted by atomic mass is 9.90. The predicted octanol–water partition coefficient (Wildman–Crippen LogP) is 22.7. The first-order chi connectivity index (χ1) is 56.0. The van der Waals surface area contributed by atoms with Crippen LogP contribution in [0.25, 0.3) is 102 Å². The molecule has 12 aromatic rings. The smallest absolute Gasteiger partial charge is 0.167 e. The lowest BCUT2D eigenvalue weighted by Gasteiger charge is -2.18. The summed E-state index contributed by atoms with van der Waals surface area (Å²) in [5, 5.41) is 43.1. The Bertz CT molecular complexity index is 5000. The molecule has 9 aromatic carbocycles. The summed E-state index contributed by atoms with van der Waals surface area (Å²) >= 11 is 4.85. The van der Waals surface area contributed by atoms with Gasteiger partial charge in [-0.2, -0.15) is 0 Å². The van der Waals surface area contributed by atoms with E-state index >= 15 is 0 Å². The molecular weight excluding hydrogens is 1640 g/mol. The summed E-state index contributed by atoms with van der Waals surface area (Å²) in [6.45, 7) is 0.968. The molecule has 114 heavy (non-hydrogen) atoms. The normalized spacial score (nSPS) is 14.6. The zero-order valence-electron chi connectivity index (χ0n) is 65.0. The van der Waals surface area contributed by atoms with Crippen molar-refractivity contribution in [1.82, 2.24) is 44.9 Å². The van der Waals surface area contributed by atoms with E-state index in [1.54, 1.807) is 18.2 Å². The van der Waals surface area contributed by atoms with E-state index in [-0.39, 0.29) is 23.0 Å². The molecule has 0 aliphatic heterocycles. The number of ether oxygens (including phenoxy) is 2. The highest BCUT2D eigenvalue weighted by molar-refractivity contribution is 14.1. The Morgan fingerprint density at radius 2 is 0.456 bits per heavy atom. The first-order valence-electron chi connectivity index (χ1n) is 41.6. The lowest BCUT2D eigenvalue weighted by Crippen LogP contribution is -2.05. The highest BCUT2D eigenvalue weighted by Crippen LogP contribution is 2.40. The van der Waals surface area contributed by atoms with E-state index in [0.717, 1.165) is 130 Å². The summed E-state index contributed by atoms with van der Waals surface area (Å²) in [5.41, 5.74) is 24.0. The van der Waals surface area contributed by atoms with Gasteiger partial charge < -0.3 is 29.9 Å². The summed E-state index contributed by atoms with van der Waals surface area (Å²) < 4.78 is 14.9. The Morgan fingerprint density at radius 3 is 0.702 bits per heavy atom. The molecule has 582 valence electrons. The van der Waals surface area contributed by atoms with Crippen LogP contribution in [0.3, 0.4) is 0 Å². The second-order valence-electron chi connectivity index (χ2n) is 31.3. The number of phenolic OH excluding ortho intramolecular Hbond substituents is 4. The third-order valence-corrected chi connectivity index (χ3v) is 24.8. The van der Waals surface area contributed by atoms with Gasteiger partial charge in [0, 0.05) is 51.6 Å². The van der Waals surface area contributed by atoms with E-state index in [1.807, 2.05) is 24.3 Å². The van der Waals surface area contributed by atoms with Gasteiger partial charge in [-0.05, 0) is 335 Å². The van der Waals surface area contributed by atoms with E-state index in [0.29, 0.717) is 93.8 Å². The summed E-state index contributed by atoms with van der Waals surface area (Å²) in [6, 6.07) is 54.6. The van der Waals surface area contributed by atoms with Crippen molar-refractivity contribution in [2.24, 2.45) is 0 Å². The van der Waals surface area contributed by atoms with Crippen molar-refractivity contribution in [1.29, 1.82) is 0 Å². The molecule has 0 unspecified atom stereocenters. The predicted molar refractivity (Wildman–Crippen MR) is 471 cm³/mol. The van der Waals surface area contributed by atoms with Gasteiger partial charge in [-0.1, -0.05) is 124 Å². The maximum absolute atomic E-state index is 11.4. The molecule has 0 amide bonds. The molecule has 6 aliphatic rings. The molecule has 0 saturated heterocycles. The van der Waals surface area contributed by atoms with Crippen LogP contribution in [0.5, 0.6) is 34.5 Å². The number of rotatable bonds is 21. The quantitative estimate of drug-likeness (QED) is 0.0299. The molecule has 17 heteroatoms. The number of nitrogens with zero attached hydrogens (tertiary/aromatic N) is 9. The number of aromatic nitrogens is 9. The standard InChI is InChI=1S/C63H62N6O4.C29H27N3O2.C5H10I2/c70-56-38-52(28-30-54(56)62-66-58(48-24-20-40-12-2-6-16-44(40)34-48)64-59(67-62)49-25-21-41-13-3-7-17-45(41)35-49)72-32-10-1-11-33-73-53-29-31-55(57(71)39-53)63-68-60(50-26-22-42-14-4-8-18-46(42)36-50)65-61(69-63)51-27-23-43-15-5-9-19-47(43)37-51;33-24-13-14-25(26(34)17-24)29-31-27(22-11-9-18-5-1-3-7-20(18)15-22)30-28(32-29)23-12-10-19-6-2-4-8-21(19)16-23;6-4-2-1-3-5-7/h20-31,34-39,70-71H,1-19,32-33H2;9-17,33-34H,1-8H2;1-5H2. The molecule has 6 aliphatic carbocycles. The van der Waals surface area contributed by atoms with Crippen molar-refractivity contribution in [3.63, 3.8) is 0 Å². The maximum Gasteiger partial charge on any atom is 0.167 e. The molecule has 3 heterocycles. The fourth-order valence-electron chi connectivity index (χ4n) is 16.9. The number of aromatic hydroxyl groups is 4. The number of alkyl halides is 2. The van der Waals surface area contributed by atoms with Gasteiger partial charge in [0.15, 0.2) is 52.4 Å². The van der Waals surface area contributed by atoms with Crippen LogP contribution in [-0.4, -0.2) is 87.4 Å². The molecule has 0 radical (unpaired) electrons. The van der Waals surface area contributed by atoms with Gasteiger partial charge in [-0.3, -0.25) is 0 Å².